The molecule has 0 saturated carbocycles. The number of rotatable bonds is 3. The highest BCUT2D eigenvalue weighted by Crippen LogP contribution is 2.38. The first-order valence-electron chi connectivity index (χ1n) is 9.21. The number of aromatic nitrogens is 1. The van der Waals surface area contributed by atoms with Gasteiger partial charge in [-0.1, -0.05) is 25.0 Å². The summed E-state index contributed by atoms with van der Waals surface area (Å²) in [6, 6.07) is 8.03. The molecule has 2 aliphatic rings. The summed E-state index contributed by atoms with van der Waals surface area (Å²) >= 11 is 1.64. The summed E-state index contributed by atoms with van der Waals surface area (Å²) in [4.78, 5) is 4.76. The van der Waals surface area contributed by atoms with Gasteiger partial charge in [0.25, 0.3) is 10.2 Å². The maximum Gasteiger partial charge on any atom is 0.282 e. The molecule has 2 aromatic rings. The van der Waals surface area contributed by atoms with Crippen molar-refractivity contribution in [3.8, 4) is 0 Å². The molecular weight excluding hydrogens is 354 g/mol. The van der Waals surface area contributed by atoms with Gasteiger partial charge in [-0.25, -0.2) is 4.98 Å². The number of hydrogen-bond acceptors (Lipinski definition) is 4. The molecule has 0 N–H and O–H groups in total. The summed E-state index contributed by atoms with van der Waals surface area (Å²) in [7, 11) is -3.44. The van der Waals surface area contributed by atoms with Crippen LogP contribution in [-0.4, -0.2) is 41.1 Å². The maximum atomic E-state index is 13.4. The third-order valence-corrected chi connectivity index (χ3v) is 8.69. The fourth-order valence-electron chi connectivity index (χ4n) is 4.01. The SMILES string of the molecule is C[C@H]1CCCCN1S(=O)(=O)N1CCCC[C@H]1c1nc2ccccc2s1. The van der Waals surface area contributed by atoms with Crippen LogP contribution in [0, 0.1) is 0 Å². The number of benzene rings is 1. The Balaban J connectivity index is 1.68. The lowest BCUT2D eigenvalue weighted by Crippen LogP contribution is -2.51. The van der Waals surface area contributed by atoms with Gasteiger partial charge in [0, 0.05) is 19.1 Å². The Bertz CT molecular complexity index is 816. The first-order valence-corrected chi connectivity index (χ1v) is 11.4. The Morgan fingerprint density at radius 3 is 2.52 bits per heavy atom. The zero-order chi connectivity index (χ0) is 17.4. The second-order valence-corrected chi connectivity index (χ2v) is 10.0. The van der Waals surface area contributed by atoms with Gasteiger partial charge in [-0.3, -0.25) is 0 Å². The number of piperidine rings is 2. The van der Waals surface area contributed by atoms with Gasteiger partial charge < -0.3 is 0 Å². The molecule has 25 heavy (non-hydrogen) atoms. The van der Waals surface area contributed by atoms with Crippen molar-refractivity contribution in [2.45, 2.75) is 57.5 Å². The molecule has 2 fully saturated rings. The minimum atomic E-state index is -3.44. The number of hydrogen-bond donors (Lipinski definition) is 0. The molecule has 0 radical (unpaired) electrons. The summed E-state index contributed by atoms with van der Waals surface area (Å²) < 4.78 is 31.3. The van der Waals surface area contributed by atoms with Crippen LogP contribution in [0.2, 0.25) is 0 Å². The predicted molar refractivity (Wildman–Crippen MR) is 102 cm³/mol. The van der Waals surface area contributed by atoms with Crippen molar-refractivity contribution in [2.24, 2.45) is 0 Å². The highest BCUT2D eigenvalue weighted by molar-refractivity contribution is 7.86. The summed E-state index contributed by atoms with van der Waals surface area (Å²) in [5.74, 6) is 0. The Kier molecular flexibility index (Phi) is 4.83. The quantitative estimate of drug-likeness (QED) is 0.811. The van der Waals surface area contributed by atoms with Crippen molar-refractivity contribution in [3.63, 3.8) is 0 Å². The van der Waals surface area contributed by atoms with Crippen LogP contribution in [0.5, 0.6) is 0 Å². The lowest BCUT2D eigenvalue weighted by atomic mass is 10.1. The molecule has 0 aliphatic carbocycles. The van der Waals surface area contributed by atoms with E-state index < -0.39 is 10.2 Å². The second kappa shape index (κ2) is 6.95. The molecule has 2 atom stereocenters. The summed E-state index contributed by atoms with van der Waals surface area (Å²) in [6.07, 6.45) is 5.89. The van der Waals surface area contributed by atoms with E-state index in [9.17, 15) is 8.42 Å². The number of nitrogens with zero attached hydrogens (tertiary/aromatic N) is 3. The predicted octanol–water partition coefficient (Wildman–Crippen LogP) is 3.94. The fourth-order valence-corrected chi connectivity index (χ4v) is 7.27. The van der Waals surface area contributed by atoms with E-state index in [1.165, 1.54) is 0 Å². The zero-order valence-electron chi connectivity index (χ0n) is 14.6. The number of thiazole rings is 1. The number of para-hydroxylation sites is 1. The van der Waals surface area contributed by atoms with Crippen LogP contribution in [0.25, 0.3) is 10.2 Å². The molecule has 136 valence electrons. The van der Waals surface area contributed by atoms with E-state index >= 15 is 0 Å². The van der Waals surface area contributed by atoms with Gasteiger partial charge in [0.15, 0.2) is 0 Å². The highest BCUT2D eigenvalue weighted by Gasteiger charge is 2.40. The van der Waals surface area contributed by atoms with Gasteiger partial charge >= 0.3 is 0 Å². The lowest BCUT2D eigenvalue weighted by molar-refractivity contribution is 0.203. The Labute approximate surface area is 153 Å². The van der Waals surface area contributed by atoms with E-state index in [-0.39, 0.29) is 12.1 Å². The van der Waals surface area contributed by atoms with Crippen LogP contribution in [0.15, 0.2) is 24.3 Å². The molecule has 3 heterocycles. The molecule has 0 unspecified atom stereocenters. The van der Waals surface area contributed by atoms with Gasteiger partial charge in [-0.2, -0.15) is 17.0 Å². The largest absolute Gasteiger partial charge is 0.282 e. The monoisotopic (exact) mass is 379 g/mol. The van der Waals surface area contributed by atoms with Crippen LogP contribution >= 0.6 is 11.3 Å². The van der Waals surface area contributed by atoms with Crippen LogP contribution < -0.4 is 0 Å². The summed E-state index contributed by atoms with van der Waals surface area (Å²) in [6.45, 7) is 3.28. The van der Waals surface area contributed by atoms with Gasteiger partial charge in [0.05, 0.1) is 16.3 Å². The van der Waals surface area contributed by atoms with Crippen molar-refractivity contribution in [1.82, 2.24) is 13.6 Å². The van der Waals surface area contributed by atoms with Crippen LogP contribution in [0.1, 0.15) is 56.5 Å². The Morgan fingerprint density at radius 1 is 1.04 bits per heavy atom. The van der Waals surface area contributed by atoms with Crippen molar-refractivity contribution in [2.75, 3.05) is 13.1 Å². The normalized spacial score (nSPS) is 26.9. The molecule has 1 aromatic carbocycles. The second-order valence-electron chi connectivity index (χ2n) is 7.11. The molecular formula is C18H25N3O2S2. The average molecular weight is 380 g/mol. The molecule has 4 rings (SSSR count). The summed E-state index contributed by atoms with van der Waals surface area (Å²) in [5, 5.41) is 0.939. The molecule has 1 aromatic heterocycles. The zero-order valence-corrected chi connectivity index (χ0v) is 16.2. The topological polar surface area (TPSA) is 53.5 Å². The van der Waals surface area contributed by atoms with Crippen LogP contribution in [0.4, 0.5) is 0 Å². The minimum absolute atomic E-state index is 0.0942. The van der Waals surface area contributed by atoms with Crippen molar-refractivity contribution >= 4 is 31.8 Å². The standard InChI is InChI=1S/C18H25N3O2S2/c1-14-8-4-6-12-20(14)25(22,23)21-13-7-5-10-16(21)18-19-15-9-2-3-11-17(15)24-18/h2-3,9,11,14,16H,4-8,10,12-13H2,1H3/t14-,16-/m0/s1. The van der Waals surface area contributed by atoms with E-state index in [1.807, 2.05) is 25.1 Å². The number of fused-ring (bicyclic) bond motifs is 1. The van der Waals surface area contributed by atoms with Crippen molar-refractivity contribution in [3.05, 3.63) is 29.3 Å². The lowest BCUT2D eigenvalue weighted by Gasteiger charge is -2.40. The molecule has 7 heteroatoms. The average Bonchev–Trinajstić information content (AvgIpc) is 3.06. The Morgan fingerprint density at radius 2 is 1.76 bits per heavy atom. The van der Waals surface area contributed by atoms with Crippen molar-refractivity contribution in [1.29, 1.82) is 0 Å². The van der Waals surface area contributed by atoms with Gasteiger partial charge in [-0.15, -0.1) is 11.3 Å². The van der Waals surface area contributed by atoms with Crippen LogP contribution in [-0.2, 0) is 10.2 Å². The van der Waals surface area contributed by atoms with Crippen LogP contribution in [0.3, 0.4) is 0 Å². The minimum Gasteiger partial charge on any atom is -0.239 e. The molecule has 0 spiro atoms. The van der Waals surface area contributed by atoms with Crippen molar-refractivity contribution < 1.29 is 8.42 Å². The fraction of sp³-hybridized carbons (Fsp3) is 0.611. The molecule has 2 saturated heterocycles. The van der Waals surface area contributed by atoms with E-state index in [2.05, 4.69) is 6.07 Å². The van der Waals surface area contributed by atoms with Gasteiger partial charge in [0.1, 0.15) is 5.01 Å². The molecule has 0 amide bonds. The molecule has 2 aliphatic heterocycles. The third-order valence-electron chi connectivity index (χ3n) is 5.38. The van der Waals surface area contributed by atoms with E-state index in [1.54, 1.807) is 19.9 Å². The third kappa shape index (κ3) is 3.23. The van der Waals surface area contributed by atoms with Gasteiger partial charge in [-0.05, 0) is 44.7 Å². The smallest absolute Gasteiger partial charge is 0.239 e. The molecule has 0 bridgehead atoms. The molecule has 5 nitrogen and oxygen atoms in total. The van der Waals surface area contributed by atoms with E-state index in [0.29, 0.717) is 13.1 Å². The summed E-state index contributed by atoms with van der Waals surface area (Å²) in [5.41, 5.74) is 0.969. The van der Waals surface area contributed by atoms with E-state index in [4.69, 9.17) is 4.98 Å². The van der Waals surface area contributed by atoms with E-state index in [0.717, 1.165) is 53.7 Å². The Hall–Kier alpha value is -1.02. The maximum absolute atomic E-state index is 13.4. The van der Waals surface area contributed by atoms with Gasteiger partial charge in [0.2, 0.25) is 0 Å². The highest BCUT2D eigenvalue weighted by atomic mass is 32.2. The first-order chi connectivity index (χ1) is 12.1. The first kappa shape index (κ1) is 17.4.